The number of alkyl carbamates (subject to hydrolysis) is 1. The normalized spacial score (nSPS) is 22.6. The molecule has 3 rings (SSSR count). The molecule has 208 valence electrons. The van der Waals surface area contributed by atoms with Crippen molar-refractivity contribution in [2.75, 3.05) is 27.3 Å². The molecule has 4 atom stereocenters. The number of carbonyl (C=O) groups excluding carboxylic acids is 2. The molecular formula is C29H46N2O6. The molecule has 2 heterocycles. The van der Waals surface area contributed by atoms with E-state index in [1.165, 1.54) is 11.1 Å². The van der Waals surface area contributed by atoms with Crippen LogP contribution in [0, 0.1) is 17.8 Å². The summed E-state index contributed by atoms with van der Waals surface area (Å²) in [5.41, 5.74) is 1.81. The highest BCUT2D eigenvalue weighted by atomic mass is 16.6. The van der Waals surface area contributed by atoms with Crippen molar-refractivity contribution in [3.63, 3.8) is 0 Å². The lowest BCUT2D eigenvalue weighted by Crippen LogP contribution is -2.52. The Bertz CT molecular complexity index is 954. The van der Waals surface area contributed by atoms with Crippen molar-refractivity contribution in [2.24, 2.45) is 17.8 Å². The van der Waals surface area contributed by atoms with Crippen LogP contribution in [-0.4, -0.2) is 62.0 Å². The van der Waals surface area contributed by atoms with Crippen LogP contribution < -0.4 is 14.8 Å². The lowest BCUT2D eigenvalue weighted by atomic mass is 9.79. The molecule has 1 amide bonds. The molecule has 37 heavy (non-hydrogen) atoms. The number of carbonyl (C=O) groups is 2. The average Bonchev–Trinajstić information content (AvgIpc) is 2.80. The standard InChI is InChI=1S/C29H46N2O6/c1-17(2)12-20-16-31-11-10-19-13-24(34-8)25(35-9)14-21(19)22(31)15-23(20)36-27(32)26(18(3)4)30-28(33)37-29(5,6)7/h13-14,17-18,20,22-23,26H,10-12,15-16H2,1-9H3,(H,30,33). The predicted octanol–water partition coefficient (Wildman–Crippen LogP) is 5.13. The Balaban J connectivity index is 1.84. The second kappa shape index (κ2) is 11.9. The molecule has 0 aliphatic carbocycles. The minimum atomic E-state index is -0.782. The Labute approximate surface area is 222 Å². The van der Waals surface area contributed by atoms with Gasteiger partial charge in [-0.25, -0.2) is 9.59 Å². The zero-order valence-electron chi connectivity index (χ0n) is 24.1. The Morgan fingerprint density at radius 3 is 2.30 bits per heavy atom. The van der Waals surface area contributed by atoms with Gasteiger partial charge in [0.25, 0.3) is 0 Å². The van der Waals surface area contributed by atoms with Crippen molar-refractivity contribution in [3.8, 4) is 11.5 Å². The number of rotatable bonds is 8. The minimum Gasteiger partial charge on any atom is -0.493 e. The topological polar surface area (TPSA) is 86.3 Å². The van der Waals surface area contributed by atoms with Gasteiger partial charge in [-0.2, -0.15) is 0 Å². The van der Waals surface area contributed by atoms with Crippen LogP contribution in [0.1, 0.15) is 78.5 Å². The summed E-state index contributed by atoms with van der Waals surface area (Å²) in [4.78, 5) is 28.4. The molecule has 0 aromatic heterocycles. The first-order valence-electron chi connectivity index (χ1n) is 13.5. The Morgan fingerprint density at radius 1 is 1.08 bits per heavy atom. The second-order valence-corrected chi connectivity index (χ2v) is 12.1. The zero-order valence-corrected chi connectivity index (χ0v) is 24.1. The van der Waals surface area contributed by atoms with E-state index in [1.807, 2.05) is 13.8 Å². The van der Waals surface area contributed by atoms with E-state index in [-0.39, 0.29) is 24.0 Å². The van der Waals surface area contributed by atoms with Gasteiger partial charge in [0.05, 0.1) is 14.2 Å². The smallest absolute Gasteiger partial charge is 0.408 e. The van der Waals surface area contributed by atoms with Gasteiger partial charge in [0.15, 0.2) is 11.5 Å². The quantitative estimate of drug-likeness (QED) is 0.478. The molecule has 1 aromatic carbocycles. The van der Waals surface area contributed by atoms with Gasteiger partial charge in [0, 0.05) is 31.5 Å². The third-order valence-corrected chi connectivity index (χ3v) is 7.20. The first kappa shape index (κ1) is 29.1. The van der Waals surface area contributed by atoms with Crippen LogP contribution in [0.4, 0.5) is 4.79 Å². The molecule has 4 unspecified atom stereocenters. The summed E-state index contributed by atoms with van der Waals surface area (Å²) >= 11 is 0. The average molecular weight is 519 g/mol. The van der Waals surface area contributed by atoms with Crippen LogP contribution in [0.5, 0.6) is 11.5 Å². The number of benzene rings is 1. The molecule has 2 aliphatic rings. The molecule has 0 saturated carbocycles. The number of ether oxygens (including phenoxy) is 4. The van der Waals surface area contributed by atoms with E-state index >= 15 is 0 Å². The molecule has 0 bridgehead atoms. The monoisotopic (exact) mass is 518 g/mol. The van der Waals surface area contributed by atoms with Crippen molar-refractivity contribution in [1.82, 2.24) is 10.2 Å². The van der Waals surface area contributed by atoms with Gasteiger partial charge >= 0.3 is 12.1 Å². The molecule has 2 aliphatic heterocycles. The van der Waals surface area contributed by atoms with Crippen LogP contribution in [0.2, 0.25) is 0 Å². The maximum absolute atomic E-state index is 13.4. The Hall–Kier alpha value is -2.48. The third-order valence-electron chi connectivity index (χ3n) is 7.20. The molecule has 8 nitrogen and oxygen atoms in total. The van der Waals surface area contributed by atoms with Gasteiger partial charge < -0.3 is 24.3 Å². The second-order valence-electron chi connectivity index (χ2n) is 12.1. The molecule has 0 spiro atoms. The van der Waals surface area contributed by atoms with Gasteiger partial charge in [-0.1, -0.05) is 27.7 Å². The SMILES string of the molecule is COc1cc2c(cc1OC)C1CC(OC(=O)C(NC(=O)OC(C)(C)C)C(C)C)C(CC(C)C)CN1CC2. The summed E-state index contributed by atoms with van der Waals surface area (Å²) in [6, 6.07) is 3.50. The Morgan fingerprint density at radius 2 is 1.73 bits per heavy atom. The molecular weight excluding hydrogens is 472 g/mol. The molecule has 0 radical (unpaired) electrons. The fourth-order valence-electron chi connectivity index (χ4n) is 5.54. The van der Waals surface area contributed by atoms with Crippen LogP contribution in [0.15, 0.2) is 12.1 Å². The van der Waals surface area contributed by atoms with E-state index in [0.29, 0.717) is 18.1 Å². The van der Waals surface area contributed by atoms with Crippen LogP contribution in [0.25, 0.3) is 0 Å². The van der Waals surface area contributed by atoms with E-state index in [1.54, 1.807) is 35.0 Å². The van der Waals surface area contributed by atoms with E-state index in [9.17, 15) is 9.59 Å². The fraction of sp³-hybridized carbons (Fsp3) is 0.724. The summed E-state index contributed by atoms with van der Waals surface area (Å²) in [7, 11) is 3.31. The maximum Gasteiger partial charge on any atom is 0.408 e. The number of hydrogen-bond donors (Lipinski definition) is 1. The summed E-state index contributed by atoms with van der Waals surface area (Å²) in [5, 5.41) is 2.74. The highest BCUT2D eigenvalue weighted by Gasteiger charge is 2.42. The Kier molecular flexibility index (Phi) is 9.37. The number of hydrogen-bond acceptors (Lipinski definition) is 7. The van der Waals surface area contributed by atoms with Crippen LogP contribution >= 0.6 is 0 Å². The number of fused-ring (bicyclic) bond motifs is 3. The fourth-order valence-corrected chi connectivity index (χ4v) is 5.54. The van der Waals surface area contributed by atoms with Crippen molar-refractivity contribution in [2.45, 2.75) is 91.5 Å². The molecule has 1 N–H and O–H groups in total. The number of piperidine rings is 1. The number of amides is 1. The van der Waals surface area contributed by atoms with Crippen molar-refractivity contribution in [1.29, 1.82) is 0 Å². The largest absolute Gasteiger partial charge is 0.493 e. The van der Waals surface area contributed by atoms with E-state index in [0.717, 1.165) is 31.7 Å². The lowest BCUT2D eigenvalue weighted by Gasteiger charge is -2.47. The van der Waals surface area contributed by atoms with Crippen molar-refractivity contribution in [3.05, 3.63) is 23.3 Å². The molecule has 1 saturated heterocycles. The molecule has 1 fully saturated rings. The first-order valence-corrected chi connectivity index (χ1v) is 13.5. The van der Waals surface area contributed by atoms with Crippen LogP contribution in [0.3, 0.4) is 0 Å². The zero-order chi connectivity index (χ0) is 27.5. The molecule has 8 heteroatoms. The van der Waals surface area contributed by atoms with Gasteiger partial charge in [0.2, 0.25) is 0 Å². The number of methoxy groups -OCH3 is 2. The van der Waals surface area contributed by atoms with Crippen molar-refractivity contribution < 1.29 is 28.5 Å². The lowest BCUT2D eigenvalue weighted by molar-refractivity contribution is -0.161. The van der Waals surface area contributed by atoms with Crippen LogP contribution in [-0.2, 0) is 20.7 Å². The van der Waals surface area contributed by atoms with Gasteiger partial charge in [-0.15, -0.1) is 0 Å². The predicted molar refractivity (Wildman–Crippen MR) is 143 cm³/mol. The highest BCUT2D eigenvalue weighted by molar-refractivity contribution is 5.81. The van der Waals surface area contributed by atoms with E-state index in [4.69, 9.17) is 18.9 Å². The summed E-state index contributed by atoms with van der Waals surface area (Å²) in [6.07, 6.45) is 1.74. The maximum atomic E-state index is 13.4. The van der Waals surface area contributed by atoms with E-state index < -0.39 is 23.7 Å². The summed E-state index contributed by atoms with van der Waals surface area (Å²) < 4.78 is 22.8. The van der Waals surface area contributed by atoms with E-state index in [2.05, 4.69) is 36.2 Å². The highest BCUT2D eigenvalue weighted by Crippen LogP contribution is 2.44. The van der Waals surface area contributed by atoms with Gasteiger partial charge in [0.1, 0.15) is 17.7 Å². The number of nitrogens with one attached hydrogen (secondary N) is 1. The number of nitrogens with zero attached hydrogens (tertiary/aromatic N) is 1. The van der Waals surface area contributed by atoms with Gasteiger partial charge in [-0.05, 0) is 68.7 Å². The minimum absolute atomic E-state index is 0.126. The number of esters is 1. The third kappa shape index (κ3) is 7.30. The summed E-state index contributed by atoms with van der Waals surface area (Å²) in [5.74, 6) is 1.59. The summed E-state index contributed by atoms with van der Waals surface area (Å²) in [6.45, 7) is 15.4. The van der Waals surface area contributed by atoms with Crippen molar-refractivity contribution >= 4 is 12.1 Å². The first-order chi connectivity index (χ1) is 17.3. The molecule has 1 aromatic rings. The van der Waals surface area contributed by atoms with Gasteiger partial charge in [-0.3, -0.25) is 4.90 Å².